The van der Waals surface area contributed by atoms with Gasteiger partial charge in [0.2, 0.25) is 0 Å². The van der Waals surface area contributed by atoms with Gasteiger partial charge in [0.1, 0.15) is 6.10 Å². The van der Waals surface area contributed by atoms with Crippen LogP contribution in [0.1, 0.15) is 33.6 Å². The zero-order valence-corrected chi connectivity index (χ0v) is 17.3. The molecular formula is C17H27NaO7. The van der Waals surface area contributed by atoms with Gasteiger partial charge in [-0.05, 0) is 32.8 Å². The van der Waals surface area contributed by atoms with Gasteiger partial charge >= 0.3 is 29.6 Å². The van der Waals surface area contributed by atoms with Crippen molar-refractivity contribution >= 4 is 5.97 Å². The van der Waals surface area contributed by atoms with E-state index >= 15 is 0 Å². The summed E-state index contributed by atoms with van der Waals surface area (Å²) in [4.78, 5) is 10.5. The number of ether oxygens (including phenoxy) is 2. The summed E-state index contributed by atoms with van der Waals surface area (Å²) in [6, 6.07) is 0. The summed E-state index contributed by atoms with van der Waals surface area (Å²) in [7, 11) is 0. The molecule has 7 nitrogen and oxygen atoms in total. The van der Waals surface area contributed by atoms with Crippen LogP contribution in [0.15, 0.2) is 11.6 Å². The molecule has 2 fully saturated rings. The molecule has 0 radical (unpaired) electrons. The number of carboxylic acid groups (broad SMARTS) is 1. The molecule has 2 aliphatic heterocycles. The number of aliphatic hydroxyl groups is 3. The first-order chi connectivity index (χ1) is 11.2. The minimum atomic E-state index is -1.29. The van der Waals surface area contributed by atoms with Crippen LogP contribution in [0.25, 0.3) is 0 Å². The van der Waals surface area contributed by atoms with Crippen molar-refractivity contribution in [2.45, 2.75) is 70.2 Å². The molecule has 2 saturated heterocycles. The van der Waals surface area contributed by atoms with E-state index in [0.717, 1.165) is 6.08 Å². The Hall–Kier alpha value is 0.01000. The second-order valence-corrected chi connectivity index (χ2v) is 7.10. The summed E-state index contributed by atoms with van der Waals surface area (Å²) in [5.41, 5.74) is 0.515. The Morgan fingerprint density at radius 3 is 2.48 bits per heavy atom. The van der Waals surface area contributed by atoms with Crippen molar-refractivity contribution < 1.29 is 64.3 Å². The number of rotatable bonds is 7. The van der Waals surface area contributed by atoms with Crippen LogP contribution in [0.5, 0.6) is 0 Å². The normalized spacial score (nSPS) is 37.8. The van der Waals surface area contributed by atoms with E-state index in [1.54, 1.807) is 13.8 Å². The van der Waals surface area contributed by atoms with Crippen LogP contribution in [-0.2, 0) is 14.3 Å². The molecule has 0 saturated carbocycles. The first-order valence-corrected chi connectivity index (χ1v) is 8.40. The third-order valence-corrected chi connectivity index (χ3v) is 5.06. The Kier molecular flexibility index (Phi) is 9.04. The average Bonchev–Trinajstić information content (AvgIpc) is 3.24. The maximum absolute atomic E-state index is 10.5. The third-order valence-electron chi connectivity index (χ3n) is 5.06. The monoisotopic (exact) mass is 366 g/mol. The summed E-state index contributed by atoms with van der Waals surface area (Å²) in [5.74, 6) is -1.52. The van der Waals surface area contributed by atoms with Crippen LogP contribution >= 0.6 is 0 Å². The van der Waals surface area contributed by atoms with Gasteiger partial charge in [0.25, 0.3) is 0 Å². The Balaban J connectivity index is 0.00000312. The van der Waals surface area contributed by atoms with Gasteiger partial charge in [0, 0.05) is 11.8 Å². The summed E-state index contributed by atoms with van der Waals surface area (Å²) in [6.07, 6.45) is -1.45. The standard InChI is InChI=1S/C17H28O7.Na/c1-8(5-14(19)20)4-12-16(22)15(21)11(7-23-12)6-13-17(24-13)9(2)10(3)18;/h5,9-13,15-18,21-22H,4,6-7H2,1-3H3,(H,19,20);/q;+1/p-1/b8-5+;/t9-,10-,11-,12-,13-,15+,16-,17-;/m0./s1. The molecular weight excluding hydrogens is 339 g/mol. The van der Waals surface area contributed by atoms with Crippen molar-refractivity contribution in [2.75, 3.05) is 6.61 Å². The van der Waals surface area contributed by atoms with Gasteiger partial charge in [0.15, 0.2) is 0 Å². The van der Waals surface area contributed by atoms with Crippen molar-refractivity contribution in [1.82, 2.24) is 0 Å². The van der Waals surface area contributed by atoms with Crippen LogP contribution in [0, 0.1) is 11.8 Å². The molecule has 8 heteroatoms. The van der Waals surface area contributed by atoms with E-state index in [1.165, 1.54) is 0 Å². The molecule has 0 aromatic carbocycles. The SMILES string of the molecule is C/C(=C\C(=O)[O-])C[C@@H]1OC[C@H](C[C@@H]2O[C@H]2[C@@H](C)[C@H](C)O)[C@@H](O)[C@H]1O.[Na+]. The van der Waals surface area contributed by atoms with Crippen LogP contribution in [-0.4, -0.2) is 64.5 Å². The molecule has 3 N–H and O–H groups in total. The molecule has 0 amide bonds. The van der Waals surface area contributed by atoms with E-state index in [0.29, 0.717) is 12.0 Å². The van der Waals surface area contributed by atoms with Gasteiger partial charge in [-0.2, -0.15) is 0 Å². The van der Waals surface area contributed by atoms with E-state index in [9.17, 15) is 25.2 Å². The largest absolute Gasteiger partial charge is 1.00 e. The topological polar surface area (TPSA) is 123 Å². The van der Waals surface area contributed by atoms with Crippen LogP contribution in [0.4, 0.5) is 0 Å². The van der Waals surface area contributed by atoms with Gasteiger partial charge in [-0.1, -0.05) is 12.5 Å². The first-order valence-electron chi connectivity index (χ1n) is 8.40. The van der Waals surface area contributed by atoms with Gasteiger partial charge in [-0.15, -0.1) is 0 Å². The Morgan fingerprint density at radius 2 is 1.92 bits per heavy atom. The molecule has 0 spiro atoms. The summed E-state index contributed by atoms with van der Waals surface area (Å²) < 4.78 is 11.2. The second-order valence-electron chi connectivity index (χ2n) is 7.10. The minimum absolute atomic E-state index is 0. The van der Waals surface area contributed by atoms with Crippen molar-refractivity contribution in [3.63, 3.8) is 0 Å². The number of hydrogen-bond acceptors (Lipinski definition) is 7. The fourth-order valence-electron chi connectivity index (χ4n) is 3.29. The summed E-state index contributed by atoms with van der Waals surface area (Å²) in [5, 5.41) is 40.7. The number of carbonyl (C=O) groups is 1. The Morgan fingerprint density at radius 1 is 1.28 bits per heavy atom. The van der Waals surface area contributed by atoms with Gasteiger partial charge in [0.05, 0.1) is 43.1 Å². The van der Waals surface area contributed by atoms with Crippen molar-refractivity contribution in [3.8, 4) is 0 Å². The molecule has 2 heterocycles. The average molecular weight is 366 g/mol. The molecule has 138 valence electrons. The third kappa shape index (κ3) is 6.29. The van der Waals surface area contributed by atoms with E-state index in [-0.39, 0.29) is 66.6 Å². The zero-order chi connectivity index (χ0) is 18.0. The Labute approximate surface area is 170 Å². The molecule has 0 bridgehead atoms. The van der Waals surface area contributed by atoms with Crippen molar-refractivity contribution in [1.29, 1.82) is 0 Å². The molecule has 0 aromatic rings. The van der Waals surface area contributed by atoms with Gasteiger partial charge in [-0.3, -0.25) is 0 Å². The number of aliphatic carboxylic acids is 1. The second kappa shape index (κ2) is 9.80. The first kappa shape index (κ1) is 23.0. The van der Waals surface area contributed by atoms with E-state index in [4.69, 9.17) is 9.47 Å². The minimum Gasteiger partial charge on any atom is -0.545 e. The van der Waals surface area contributed by atoms with E-state index in [2.05, 4.69) is 0 Å². The predicted molar refractivity (Wildman–Crippen MR) is 82.7 cm³/mol. The molecule has 2 rings (SSSR count). The molecule has 25 heavy (non-hydrogen) atoms. The number of hydrogen-bond donors (Lipinski definition) is 3. The zero-order valence-electron chi connectivity index (χ0n) is 15.3. The quantitative estimate of drug-likeness (QED) is 0.238. The van der Waals surface area contributed by atoms with Crippen LogP contribution in [0.2, 0.25) is 0 Å². The van der Waals surface area contributed by atoms with E-state index < -0.39 is 30.4 Å². The Bertz CT molecular complexity index is 482. The number of epoxide rings is 1. The molecule has 8 atom stereocenters. The summed E-state index contributed by atoms with van der Waals surface area (Å²) in [6.45, 7) is 5.53. The number of carbonyl (C=O) groups excluding carboxylic acids is 1. The van der Waals surface area contributed by atoms with Gasteiger partial charge < -0.3 is 34.7 Å². The van der Waals surface area contributed by atoms with E-state index in [1.807, 2.05) is 6.92 Å². The fraction of sp³-hybridized carbons (Fsp3) is 0.824. The van der Waals surface area contributed by atoms with Crippen LogP contribution < -0.4 is 34.7 Å². The molecule has 0 unspecified atom stereocenters. The predicted octanol–water partition coefficient (Wildman–Crippen LogP) is -4.01. The fourth-order valence-corrected chi connectivity index (χ4v) is 3.29. The number of carboxylic acids is 1. The van der Waals surface area contributed by atoms with Crippen molar-refractivity contribution in [2.24, 2.45) is 11.8 Å². The molecule has 2 aliphatic rings. The van der Waals surface area contributed by atoms with Crippen LogP contribution in [0.3, 0.4) is 0 Å². The molecule has 0 aliphatic carbocycles. The van der Waals surface area contributed by atoms with Gasteiger partial charge in [-0.25, -0.2) is 0 Å². The maximum atomic E-state index is 10.5. The smallest absolute Gasteiger partial charge is 0.545 e. The summed E-state index contributed by atoms with van der Waals surface area (Å²) >= 11 is 0. The number of aliphatic hydroxyl groups excluding tert-OH is 3. The van der Waals surface area contributed by atoms with Crippen molar-refractivity contribution in [3.05, 3.63) is 11.6 Å². The maximum Gasteiger partial charge on any atom is 1.00 e. The molecule has 0 aromatic heterocycles.